The summed E-state index contributed by atoms with van der Waals surface area (Å²) in [6.07, 6.45) is 4.37. The predicted molar refractivity (Wildman–Crippen MR) is 105 cm³/mol. The maximum Gasteiger partial charge on any atom is 0.221 e. The van der Waals surface area contributed by atoms with E-state index in [1.54, 1.807) is 0 Å². The molecule has 26 heavy (non-hydrogen) atoms. The number of hydrogen-bond acceptors (Lipinski definition) is 2. The Balaban J connectivity index is 2.00. The van der Waals surface area contributed by atoms with Crippen molar-refractivity contribution in [2.45, 2.75) is 40.0 Å². The molecule has 1 amide bonds. The molecule has 4 heteroatoms. The van der Waals surface area contributed by atoms with Crippen molar-refractivity contribution >= 4 is 11.6 Å². The number of amides is 1. The van der Waals surface area contributed by atoms with E-state index in [2.05, 4.69) is 66.7 Å². The Labute approximate surface area is 155 Å². The van der Waals surface area contributed by atoms with Gasteiger partial charge in [0.1, 0.15) is 5.65 Å². The molecule has 0 saturated heterocycles. The Kier molecular flexibility index (Phi) is 5.40. The number of carbonyl (C=O) groups is 1. The highest BCUT2D eigenvalue weighted by Crippen LogP contribution is 2.31. The molecule has 0 aliphatic heterocycles. The van der Waals surface area contributed by atoms with Crippen LogP contribution in [0.5, 0.6) is 0 Å². The van der Waals surface area contributed by atoms with E-state index in [-0.39, 0.29) is 11.8 Å². The third kappa shape index (κ3) is 3.96. The zero-order valence-electron chi connectivity index (χ0n) is 16.0. The molecule has 3 aromatic rings. The molecule has 2 aromatic heterocycles. The van der Waals surface area contributed by atoms with Gasteiger partial charge in [-0.05, 0) is 48.6 Å². The molecule has 1 atom stereocenters. The van der Waals surface area contributed by atoms with Crippen LogP contribution in [0.1, 0.15) is 48.6 Å². The smallest absolute Gasteiger partial charge is 0.221 e. The molecule has 4 nitrogen and oxygen atoms in total. The zero-order valence-corrected chi connectivity index (χ0v) is 16.0. The minimum Gasteiger partial charge on any atom is -0.356 e. The van der Waals surface area contributed by atoms with E-state index in [9.17, 15) is 4.79 Å². The standard InChI is InChI=1S/C22H27N3O/c1-15(2)13-24-22(26)12-19(18-8-6-5-7-17(18)4)20-14-23-21-11-16(3)9-10-25(20)21/h5-11,14-15,19H,12-13H2,1-4H3,(H,24,26)/t19-/m0/s1. The summed E-state index contributed by atoms with van der Waals surface area (Å²) in [5, 5.41) is 3.05. The summed E-state index contributed by atoms with van der Waals surface area (Å²) in [4.78, 5) is 17.2. The van der Waals surface area contributed by atoms with Gasteiger partial charge in [-0.15, -0.1) is 0 Å². The summed E-state index contributed by atoms with van der Waals surface area (Å²) in [6, 6.07) is 12.4. The first-order valence-electron chi connectivity index (χ1n) is 9.21. The average molecular weight is 349 g/mol. The molecule has 0 fully saturated rings. The van der Waals surface area contributed by atoms with E-state index in [0.29, 0.717) is 18.9 Å². The first-order valence-corrected chi connectivity index (χ1v) is 9.21. The highest BCUT2D eigenvalue weighted by molar-refractivity contribution is 5.77. The molecule has 0 bridgehead atoms. The highest BCUT2D eigenvalue weighted by atomic mass is 16.1. The average Bonchev–Trinajstić information content (AvgIpc) is 3.01. The van der Waals surface area contributed by atoms with Crippen molar-refractivity contribution in [2.24, 2.45) is 5.92 Å². The van der Waals surface area contributed by atoms with Crippen LogP contribution in [0.3, 0.4) is 0 Å². The largest absolute Gasteiger partial charge is 0.356 e. The molecule has 0 aliphatic carbocycles. The first kappa shape index (κ1) is 18.2. The molecule has 2 heterocycles. The van der Waals surface area contributed by atoms with E-state index in [1.165, 1.54) is 16.7 Å². The van der Waals surface area contributed by atoms with Crippen LogP contribution in [0.25, 0.3) is 5.65 Å². The molecule has 3 rings (SSSR count). The lowest BCUT2D eigenvalue weighted by atomic mass is 9.89. The lowest BCUT2D eigenvalue weighted by molar-refractivity contribution is -0.121. The van der Waals surface area contributed by atoms with Gasteiger partial charge >= 0.3 is 0 Å². The molecule has 1 aromatic carbocycles. The van der Waals surface area contributed by atoms with Crippen LogP contribution in [0.4, 0.5) is 0 Å². The van der Waals surface area contributed by atoms with Crippen molar-refractivity contribution in [3.05, 3.63) is 71.2 Å². The van der Waals surface area contributed by atoms with Gasteiger partial charge in [0.2, 0.25) is 5.91 Å². The number of pyridine rings is 1. The van der Waals surface area contributed by atoms with Crippen LogP contribution in [-0.4, -0.2) is 21.8 Å². The monoisotopic (exact) mass is 349 g/mol. The van der Waals surface area contributed by atoms with E-state index >= 15 is 0 Å². The minimum atomic E-state index is -0.0268. The Morgan fingerprint density at radius 1 is 1.19 bits per heavy atom. The fourth-order valence-electron chi connectivity index (χ4n) is 3.29. The number of carbonyl (C=O) groups excluding carboxylic acids is 1. The normalized spacial score (nSPS) is 12.5. The van der Waals surface area contributed by atoms with E-state index in [4.69, 9.17) is 0 Å². The third-order valence-electron chi connectivity index (χ3n) is 4.72. The van der Waals surface area contributed by atoms with Crippen molar-refractivity contribution in [3.8, 4) is 0 Å². The Hall–Kier alpha value is -2.62. The minimum absolute atomic E-state index is 0.0268. The maximum absolute atomic E-state index is 12.6. The van der Waals surface area contributed by atoms with Crippen LogP contribution in [0.2, 0.25) is 0 Å². The summed E-state index contributed by atoms with van der Waals surface area (Å²) in [5.74, 6) is 0.490. The molecule has 0 spiro atoms. The van der Waals surface area contributed by atoms with Gasteiger partial charge in [0.25, 0.3) is 0 Å². The molecule has 0 radical (unpaired) electrons. The van der Waals surface area contributed by atoms with Gasteiger partial charge in [-0.1, -0.05) is 38.1 Å². The number of hydrogen-bond donors (Lipinski definition) is 1. The van der Waals surface area contributed by atoms with Gasteiger partial charge in [-0.3, -0.25) is 4.79 Å². The van der Waals surface area contributed by atoms with E-state index in [0.717, 1.165) is 11.3 Å². The van der Waals surface area contributed by atoms with Crippen LogP contribution in [0, 0.1) is 19.8 Å². The van der Waals surface area contributed by atoms with Gasteiger partial charge < -0.3 is 9.72 Å². The predicted octanol–water partition coefficient (Wildman–Crippen LogP) is 4.25. The summed E-state index contributed by atoms with van der Waals surface area (Å²) in [5.41, 5.74) is 5.51. The van der Waals surface area contributed by atoms with Gasteiger partial charge in [0.15, 0.2) is 0 Å². The quantitative estimate of drug-likeness (QED) is 0.723. The van der Waals surface area contributed by atoms with Gasteiger partial charge in [0.05, 0.1) is 5.69 Å². The number of benzene rings is 1. The number of imidazole rings is 1. The van der Waals surface area contributed by atoms with Crippen LogP contribution in [0.15, 0.2) is 48.8 Å². The third-order valence-corrected chi connectivity index (χ3v) is 4.72. The Morgan fingerprint density at radius 3 is 2.69 bits per heavy atom. The number of fused-ring (bicyclic) bond motifs is 1. The summed E-state index contributed by atoms with van der Waals surface area (Å²) >= 11 is 0. The lowest BCUT2D eigenvalue weighted by Gasteiger charge is -2.20. The Morgan fingerprint density at radius 2 is 1.96 bits per heavy atom. The van der Waals surface area contributed by atoms with Crippen molar-refractivity contribution in [2.75, 3.05) is 6.54 Å². The molecule has 0 saturated carbocycles. The lowest BCUT2D eigenvalue weighted by Crippen LogP contribution is -2.29. The van der Waals surface area contributed by atoms with Crippen LogP contribution in [-0.2, 0) is 4.79 Å². The highest BCUT2D eigenvalue weighted by Gasteiger charge is 2.23. The SMILES string of the molecule is Cc1ccn2c([C@@H](CC(=O)NCC(C)C)c3ccccc3C)cnc2c1. The molecular weight excluding hydrogens is 322 g/mol. The molecular formula is C22H27N3O. The number of aryl methyl sites for hydroxylation is 2. The van der Waals surface area contributed by atoms with Crippen molar-refractivity contribution < 1.29 is 4.79 Å². The first-order chi connectivity index (χ1) is 12.5. The van der Waals surface area contributed by atoms with Crippen LogP contribution >= 0.6 is 0 Å². The zero-order chi connectivity index (χ0) is 18.7. The Bertz CT molecular complexity index is 911. The molecule has 0 aliphatic rings. The second kappa shape index (κ2) is 7.73. The van der Waals surface area contributed by atoms with E-state index < -0.39 is 0 Å². The number of aromatic nitrogens is 2. The summed E-state index contributed by atoms with van der Waals surface area (Å²) in [7, 11) is 0. The fraction of sp³-hybridized carbons (Fsp3) is 0.364. The topological polar surface area (TPSA) is 46.4 Å². The number of rotatable bonds is 6. The second-order valence-corrected chi connectivity index (χ2v) is 7.43. The number of nitrogens with one attached hydrogen (secondary N) is 1. The molecule has 0 unspecified atom stereocenters. The summed E-state index contributed by atoms with van der Waals surface area (Å²) in [6.45, 7) is 9.07. The fourth-order valence-corrected chi connectivity index (χ4v) is 3.29. The van der Waals surface area contributed by atoms with E-state index in [1.807, 2.05) is 24.5 Å². The van der Waals surface area contributed by atoms with Gasteiger partial charge in [-0.2, -0.15) is 0 Å². The van der Waals surface area contributed by atoms with Gasteiger partial charge in [0, 0.05) is 31.3 Å². The summed E-state index contributed by atoms with van der Waals surface area (Å²) < 4.78 is 2.10. The molecule has 136 valence electrons. The van der Waals surface area contributed by atoms with Gasteiger partial charge in [-0.25, -0.2) is 4.98 Å². The number of nitrogens with zero attached hydrogens (tertiary/aromatic N) is 2. The molecule has 1 N–H and O–H groups in total. The van der Waals surface area contributed by atoms with Crippen molar-refractivity contribution in [1.29, 1.82) is 0 Å². The van der Waals surface area contributed by atoms with Crippen molar-refractivity contribution in [1.82, 2.24) is 14.7 Å². The van der Waals surface area contributed by atoms with Crippen LogP contribution < -0.4 is 5.32 Å². The maximum atomic E-state index is 12.6. The van der Waals surface area contributed by atoms with Crippen molar-refractivity contribution in [3.63, 3.8) is 0 Å². The second-order valence-electron chi connectivity index (χ2n) is 7.43.